The number of ether oxygens (including phenoxy) is 1. The maximum Gasteiger partial charge on any atom is 0.200 e. The molecule has 132 valence electrons. The van der Waals surface area contributed by atoms with E-state index in [2.05, 4.69) is 0 Å². The zero-order valence-electron chi connectivity index (χ0n) is 12.9. The molecule has 1 aliphatic heterocycles. The molecule has 0 radical (unpaired) electrons. The van der Waals surface area contributed by atoms with E-state index in [1.54, 1.807) is 30.3 Å². The van der Waals surface area contributed by atoms with Crippen molar-refractivity contribution in [3.05, 3.63) is 94.5 Å². The Balaban J connectivity index is 2.22. The number of aldehydes is 1. The summed E-state index contributed by atoms with van der Waals surface area (Å²) >= 11 is 0. The van der Waals surface area contributed by atoms with Gasteiger partial charge in [-0.05, 0) is 23.3 Å². The SMILES string of the molecule is O=C/C=C1/C=C(c2ccccc2)C=C(c2c(F)c(F)c(F)c(F)c2F)O1. The van der Waals surface area contributed by atoms with Crippen molar-refractivity contribution in [1.29, 1.82) is 0 Å². The second kappa shape index (κ2) is 6.95. The molecule has 0 bridgehead atoms. The lowest BCUT2D eigenvalue weighted by molar-refractivity contribution is -0.104. The van der Waals surface area contributed by atoms with Crippen LogP contribution in [0.2, 0.25) is 0 Å². The molecule has 0 atom stereocenters. The molecule has 26 heavy (non-hydrogen) atoms. The van der Waals surface area contributed by atoms with Gasteiger partial charge in [0.05, 0.1) is 5.56 Å². The maximum atomic E-state index is 14.1. The third-order valence-electron chi connectivity index (χ3n) is 3.61. The summed E-state index contributed by atoms with van der Waals surface area (Å²) in [5.41, 5.74) is -0.252. The molecule has 7 heteroatoms. The molecule has 0 spiro atoms. The van der Waals surface area contributed by atoms with Crippen LogP contribution in [0.3, 0.4) is 0 Å². The minimum atomic E-state index is -2.26. The van der Waals surface area contributed by atoms with Gasteiger partial charge in [0.15, 0.2) is 23.3 Å². The number of allylic oxidation sites excluding steroid dienone is 4. The quantitative estimate of drug-likeness (QED) is 0.254. The van der Waals surface area contributed by atoms with Gasteiger partial charge in [-0.15, -0.1) is 0 Å². The highest BCUT2D eigenvalue weighted by Gasteiger charge is 2.30. The van der Waals surface area contributed by atoms with Crippen LogP contribution in [0.25, 0.3) is 11.3 Å². The normalized spacial score (nSPS) is 15.3. The van der Waals surface area contributed by atoms with Crippen LogP contribution in [0, 0.1) is 29.1 Å². The molecule has 0 aliphatic carbocycles. The number of hydrogen-bond donors (Lipinski definition) is 0. The van der Waals surface area contributed by atoms with Gasteiger partial charge in [0.1, 0.15) is 17.8 Å². The third kappa shape index (κ3) is 3.03. The van der Waals surface area contributed by atoms with Crippen molar-refractivity contribution in [1.82, 2.24) is 0 Å². The third-order valence-corrected chi connectivity index (χ3v) is 3.61. The van der Waals surface area contributed by atoms with E-state index in [1.165, 1.54) is 6.08 Å². The average molecular weight is 364 g/mol. The summed E-state index contributed by atoms with van der Waals surface area (Å²) in [5.74, 6) is -11.2. The van der Waals surface area contributed by atoms with Crippen LogP contribution >= 0.6 is 0 Å². The summed E-state index contributed by atoms with van der Waals surface area (Å²) in [6.07, 6.45) is 3.87. The molecule has 0 N–H and O–H groups in total. The van der Waals surface area contributed by atoms with Crippen LogP contribution in [0.4, 0.5) is 22.0 Å². The van der Waals surface area contributed by atoms with E-state index >= 15 is 0 Å². The van der Waals surface area contributed by atoms with Gasteiger partial charge in [-0.2, -0.15) is 0 Å². The number of carbonyl (C=O) groups is 1. The largest absolute Gasteiger partial charge is 0.456 e. The van der Waals surface area contributed by atoms with Crippen LogP contribution in [0.5, 0.6) is 0 Å². The minimum Gasteiger partial charge on any atom is -0.456 e. The molecule has 0 amide bonds. The van der Waals surface area contributed by atoms with E-state index in [1.807, 2.05) is 0 Å². The number of carbonyl (C=O) groups excluding carboxylic acids is 1. The second-order valence-corrected chi connectivity index (χ2v) is 5.23. The molecule has 3 rings (SSSR count). The predicted octanol–water partition coefficient (Wildman–Crippen LogP) is 4.92. The van der Waals surface area contributed by atoms with E-state index in [9.17, 15) is 26.7 Å². The maximum absolute atomic E-state index is 14.1. The summed E-state index contributed by atoms with van der Waals surface area (Å²) < 4.78 is 73.5. The lowest BCUT2D eigenvalue weighted by Gasteiger charge is -2.19. The first-order valence-corrected chi connectivity index (χ1v) is 7.28. The number of halogens is 5. The highest BCUT2D eigenvalue weighted by atomic mass is 19.2. The first-order valence-electron chi connectivity index (χ1n) is 7.28. The fourth-order valence-electron chi connectivity index (χ4n) is 2.41. The highest BCUT2D eigenvalue weighted by molar-refractivity contribution is 5.86. The van der Waals surface area contributed by atoms with Crippen LogP contribution in [-0.4, -0.2) is 6.29 Å². The van der Waals surface area contributed by atoms with Gasteiger partial charge in [0.2, 0.25) is 5.82 Å². The summed E-state index contributed by atoms with van der Waals surface area (Å²) in [7, 11) is 0. The van der Waals surface area contributed by atoms with Gasteiger partial charge in [-0.3, -0.25) is 4.79 Å². The Morgan fingerprint density at radius 1 is 0.769 bits per heavy atom. The molecule has 0 aromatic heterocycles. The van der Waals surface area contributed by atoms with Gasteiger partial charge in [-0.1, -0.05) is 30.3 Å². The zero-order chi connectivity index (χ0) is 18.8. The summed E-state index contributed by atoms with van der Waals surface area (Å²) in [6, 6.07) is 8.46. The van der Waals surface area contributed by atoms with Gasteiger partial charge < -0.3 is 4.74 Å². The molecule has 1 aliphatic rings. The molecule has 0 saturated carbocycles. The predicted molar refractivity (Wildman–Crippen MR) is 83.9 cm³/mol. The van der Waals surface area contributed by atoms with Crippen molar-refractivity contribution in [3.63, 3.8) is 0 Å². The van der Waals surface area contributed by atoms with Crippen LogP contribution in [0.1, 0.15) is 11.1 Å². The fraction of sp³-hybridized carbons (Fsp3) is 0. The van der Waals surface area contributed by atoms with Crippen LogP contribution in [-0.2, 0) is 9.53 Å². The van der Waals surface area contributed by atoms with Crippen molar-refractivity contribution >= 4 is 17.6 Å². The van der Waals surface area contributed by atoms with Gasteiger partial charge in [0, 0.05) is 6.08 Å². The van der Waals surface area contributed by atoms with Crippen molar-refractivity contribution in [2.75, 3.05) is 0 Å². The first-order chi connectivity index (χ1) is 12.4. The fourth-order valence-corrected chi connectivity index (χ4v) is 2.41. The second-order valence-electron chi connectivity index (χ2n) is 5.23. The van der Waals surface area contributed by atoms with E-state index < -0.39 is 40.4 Å². The summed E-state index contributed by atoms with van der Waals surface area (Å²) in [6.45, 7) is 0. The van der Waals surface area contributed by atoms with Crippen molar-refractivity contribution in [3.8, 4) is 0 Å². The molecule has 2 aromatic rings. The van der Waals surface area contributed by atoms with Crippen molar-refractivity contribution in [2.45, 2.75) is 0 Å². The summed E-state index contributed by atoms with van der Waals surface area (Å²) in [4.78, 5) is 10.7. The van der Waals surface area contributed by atoms with E-state index in [0.29, 0.717) is 17.4 Å². The van der Waals surface area contributed by atoms with Crippen LogP contribution < -0.4 is 0 Å². The smallest absolute Gasteiger partial charge is 0.200 e. The lowest BCUT2D eigenvalue weighted by Crippen LogP contribution is -2.09. The van der Waals surface area contributed by atoms with Crippen LogP contribution in [0.15, 0.2) is 54.3 Å². The Bertz CT molecular complexity index is 946. The molecule has 2 aromatic carbocycles. The van der Waals surface area contributed by atoms with E-state index in [4.69, 9.17) is 4.74 Å². The lowest BCUT2D eigenvalue weighted by atomic mass is 10.00. The standard InChI is InChI=1S/C19H9F5O2/c20-15-14(16(21)18(23)19(24)17(15)22)13-9-11(8-12(26-13)6-7-25)10-4-2-1-3-5-10/h1-9H/b12-6-. The van der Waals surface area contributed by atoms with Gasteiger partial charge in [-0.25, -0.2) is 22.0 Å². The summed E-state index contributed by atoms with van der Waals surface area (Å²) in [5, 5.41) is 0. The van der Waals surface area contributed by atoms with Crippen molar-refractivity contribution in [2.24, 2.45) is 0 Å². The molecule has 0 saturated heterocycles. The Morgan fingerprint density at radius 3 is 1.92 bits per heavy atom. The number of rotatable bonds is 3. The van der Waals surface area contributed by atoms with Crippen molar-refractivity contribution < 1.29 is 31.5 Å². The molecular weight excluding hydrogens is 355 g/mol. The Morgan fingerprint density at radius 2 is 1.35 bits per heavy atom. The number of benzene rings is 2. The Hall–Kier alpha value is -3.22. The first kappa shape index (κ1) is 17.6. The van der Waals surface area contributed by atoms with E-state index in [0.717, 1.165) is 12.2 Å². The van der Waals surface area contributed by atoms with Gasteiger partial charge in [0.25, 0.3) is 0 Å². The van der Waals surface area contributed by atoms with E-state index in [-0.39, 0.29) is 5.76 Å². The molecule has 0 fully saturated rings. The molecule has 1 heterocycles. The number of hydrogen-bond acceptors (Lipinski definition) is 2. The zero-order valence-corrected chi connectivity index (χ0v) is 12.9. The monoisotopic (exact) mass is 364 g/mol. The molecular formula is C19H9F5O2. The topological polar surface area (TPSA) is 26.3 Å². The Labute approximate surface area is 144 Å². The average Bonchev–Trinajstić information content (AvgIpc) is 2.66. The minimum absolute atomic E-state index is 0.111. The Kier molecular flexibility index (Phi) is 4.71. The molecule has 2 nitrogen and oxygen atoms in total. The van der Waals surface area contributed by atoms with Gasteiger partial charge >= 0.3 is 0 Å². The molecule has 0 unspecified atom stereocenters. The highest BCUT2D eigenvalue weighted by Crippen LogP contribution is 2.35.